The molecule has 0 bridgehead atoms. The first kappa shape index (κ1) is 20.8. The Morgan fingerprint density at radius 1 is 1.11 bits per heavy atom. The van der Waals surface area contributed by atoms with E-state index < -0.39 is 6.36 Å². The summed E-state index contributed by atoms with van der Waals surface area (Å²) in [6.07, 6.45) is -0.592. The first-order valence-electron chi connectivity index (χ1n) is 8.78. The summed E-state index contributed by atoms with van der Waals surface area (Å²) in [6, 6.07) is 4.88. The van der Waals surface area contributed by atoms with E-state index in [2.05, 4.69) is 16.8 Å². The number of nitrogens with zero attached hydrogens (tertiary/aromatic N) is 2. The number of carbonyl (C=O) groups is 1. The average molecular weight is 384 g/mol. The molecule has 0 aliphatic rings. The zero-order chi connectivity index (χ0) is 20.0. The van der Waals surface area contributed by atoms with Gasteiger partial charge in [0.15, 0.2) is 6.61 Å². The van der Waals surface area contributed by atoms with Crippen molar-refractivity contribution < 1.29 is 27.4 Å². The van der Waals surface area contributed by atoms with Gasteiger partial charge < -0.3 is 9.47 Å². The van der Waals surface area contributed by atoms with E-state index in [4.69, 9.17) is 4.74 Å². The molecule has 27 heavy (non-hydrogen) atoms. The minimum atomic E-state index is -4.75. The summed E-state index contributed by atoms with van der Waals surface area (Å²) in [5.41, 5.74) is 2.70. The van der Waals surface area contributed by atoms with Crippen LogP contribution in [0.4, 0.5) is 13.2 Å². The molecule has 1 heterocycles. The van der Waals surface area contributed by atoms with Gasteiger partial charge in [-0.05, 0) is 56.5 Å². The third-order valence-corrected chi connectivity index (χ3v) is 4.13. The zero-order valence-electron chi connectivity index (χ0n) is 15.6. The van der Waals surface area contributed by atoms with E-state index in [1.807, 2.05) is 13.8 Å². The van der Waals surface area contributed by atoms with Crippen molar-refractivity contribution in [3.05, 3.63) is 41.2 Å². The number of unbranched alkanes of at least 4 members (excludes halogenated alkanes) is 2. The quantitative estimate of drug-likeness (QED) is 0.611. The van der Waals surface area contributed by atoms with E-state index in [1.54, 1.807) is 0 Å². The largest absolute Gasteiger partial charge is 0.573 e. The van der Waals surface area contributed by atoms with Crippen molar-refractivity contribution in [2.75, 3.05) is 6.61 Å². The van der Waals surface area contributed by atoms with Crippen molar-refractivity contribution in [3.8, 4) is 11.5 Å². The molecule has 2 aromatic rings. The van der Waals surface area contributed by atoms with Gasteiger partial charge in [-0.1, -0.05) is 19.8 Å². The Morgan fingerprint density at radius 2 is 1.74 bits per heavy atom. The van der Waals surface area contributed by atoms with Crippen molar-refractivity contribution in [3.63, 3.8) is 0 Å². The number of aryl methyl sites for hydroxylation is 1. The number of rotatable bonds is 8. The number of carbonyl (C=O) groups excluding carboxylic acids is 1. The van der Waals surface area contributed by atoms with Gasteiger partial charge in [0, 0.05) is 5.69 Å². The Bertz CT molecular complexity index is 768. The minimum absolute atomic E-state index is 0.266. The molecule has 148 valence electrons. The van der Waals surface area contributed by atoms with Crippen LogP contribution in [0.1, 0.15) is 47.9 Å². The summed E-state index contributed by atoms with van der Waals surface area (Å²) in [5.74, 6) is -0.424. The summed E-state index contributed by atoms with van der Waals surface area (Å²) in [6.45, 7) is 5.59. The first-order valence-corrected chi connectivity index (χ1v) is 8.78. The second kappa shape index (κ2) is 8.92. The van der Waals surface area contributed by atoms with Crippen LogP contribution >= 0.6 is 0 Å². The van der Waals surface area contributed by atoms with E-state index in [0.717, 1.165) is 54.8 Å². The molecule has 0 aliphatic carbocycles. The molecule has 0 atom stereocenters. The summed E-state index contributed by atoms with van der Waals surface area (Å²) in [5, 5.41) is 4.30. The van der Waals surface area contributed by atoms with Crippen LogP contribution in [0.15, 0.2) is 24.3 Å². The highest BCUT2D eigenvalue weighted by Crippen LogP contribution is 2.24. The normalized spacial score (nSPS) is 11.5. The summed E-state index contributed by atoms with van der Waals surface area (Å²) < 4.78 is 46.9. The molecule has 0 aliphatic heterocycles. The van der Waals surface area contributed by atoms with Crippen LogP contribution in [0.25, 0.3) is 0 Å². The highest BCUT2D eigenvalue weighted by atomic mass is 19.4. The van der Waals surface area contributed by atoms with Gasteiger partial charge in [0.25, 0.3) is 5.91 Å². The third-order valence-electron chi connectivity index (χ3n) is 4.13. The molecule has 0 saturated heterocycles. The molecular weight excluding hydrogens is 361 g/mol. The van der Waals surface area contributed by atoms with E-state index >= 15 is 0 Å². The smallest absolute Gasteiger partial charge is 0.484 e. The van der Waals surface area contributed by atoms with E-state index in [-0.39, 0.29) is 24.0 Å². The van der Waals surface area contributed by atoms with Gasteiger partial charge in [0.1, 0.15) is 11.5 Å². The fraction of sp³-hybridized carbons (Fsp3) is 0.474. The Balaban J connectivity index is 1.96. The van der Waals surface area contributed by atoms with E-state index in [1.165, 1.54) is 16.8 Å². The first-order chi connectivity index (χ1) is 12.7. The maximum absolute atomic E-state index is 12.4. The number of halogens is 3. The average Bonchev–Trinajstić information content (AvgIpc) is 2.88. The van der Waals surface area contributed by atoms with Gasteiger partial charge in [-0.15, -0.1) is 13.2 Å². The second-order valence-corrected chi connectivity index (χ2v) is 6.22. The fourth-order valence-electron chi connectivity index (χ4n) is 2.78. The highest BCUT2D eigenvalue weighted by Gasteiger charge is 2.31. The lowest BCUT2D eigenvalue weighted by atomic mass is 10.1. The molecule has 0 saturated carbocycles. The van der Waals surface area contributed by atoms with Gasteiger partial charge in [0.05, 0.1) is 5.69 Å². The summed E-state index contributed by atoms with van der Waals surface area (Å²) >= 11 is 0. The third kappa shape index (κ3) is 6.01. The standard InChI is InChI=1S/C19H23F3N2O3/c1-4-5-6-7-17-13(2)23-24(14(17)3)18(25)12-26-15-8-10-16(11-9-15)27-19(20,21)22/h8-11H,4-7,12H2,1-3H3. The van der Waals surface area contributed by atoms with Gasteiger partial charge in [-0.3, -0.25) is 4.79 Å². The molecule has 5 nitrogen and oxygen atoms in total. The zero-order valence-corrected chi connectivity index (χ0v) is 15.6. The molecule has 0 spiro atoms. The number of hydrogen-bond donors (Lipinski definition) is 0. The molecule has 1 aromatic carbocycles. The SMILES string of the molecule is CCCCCc1c(C)nn(C(=O)COc2ccc(OC(F)(F)F)cc2)c1C. The lowest BCUT2D eigenvalue weighted by Crippen LogP contribution is -2.22. The van der Waals surface area contributed by atoms with Crippen LogP contribution in [-0.4, -0.2) is 28.7 Å². The molecular formula is C19H23F3N2O3. The molecule has 0 amide bonds. The van der Waals surface area contributed by atoms with Crippen LogP contribution in [0.5, 0.6) is 11.5 Å². The molecule has 0 unspecified atom stereocenters. The van der Waals surface area contributed by atoms with Crippen molar-refractivity contribution in [2.24, 2.45) is 0 Å². The molecule has 0 radical (unpaired) electrons. The van der Waals surface area contributed by atoms with Crippen molar-refractivity contribution in [1.82, 2.24) is 9.78 Å². The predicted molar refractivity (Wildman–Crippen MR) is 94.2 cm³/mol. The van der Waals surface area contributed by atoms with Gasteiger partial charge >= 0.3 is 6.36 Å². The lowest BCUT2D eigenvalue weighted by Gasteiger charge is -2.10. The van der Waals surface area contributed by atoms with E-state index in [9.17, 15) is 18.0 Å². The number of ether oxygens (including phenoxy) is 2. The summed E-state index contributed by atoms with van der Waals surface area (Å²) in [7, 11) is 0. The molecule has 8 heteroatoms. The van der Waals surface area contributed by atoms with Crippen molar-refractivity contribution >= 4 is 5.91 Å². The number of alkyl halides is 3. The molecule has 0 fully saturated rings. The molecule has 0 N–H and O–H groups in total. The van der Waals surface area contributed by atoms with Crippen LogP contribution in [0.3, 0.4) is 0 Å². The van der Waals surface area contributed by atoms with E-state index in [0.29, 0.717) is 0 Å². The van der Waals surface area contributed by atoms with Gasteiger partial charge in [-0.2, -0.15) is 5.10 Å². The molecule has 1 aromatic heterocycles. The van der Waals surface area contributed by atoms with Crippen LogP contribution < -0.4 is 9.47 Å². The van der Waals surface area contributed by atoms with Crippen molar-refractivity contribution in [1.29, 1.82) is 0 Å². The number of hydrogen-bond acceptors (Lipinski definition) is 4. The maximum atomic E-state index is 12.4. The van der Waals surface area contributed by atoms with Gasteiger partial charge in [0.2, 0.25) is 0 Å². The highest BCUT2D eigenvalue weighted by molar-refractivity contribution is 5.80. The maximum Gasteiger partial charge on any atom is 0.573 e. The Kier molecular flexibility index (Phi) is 6.87. The van der Waals surface area contributed by atoms with Crippen molar-refractivity contribution in [2.45, 2.75) is 52.8 Å². The second-order valence-electron chi connectivity index (χ2n) is 6.22. The minimum Gasteiger partial charge on any atom is -0.484 e. The molecule has 2 rings (SSSR count). The van der Waals surface area contributed by atoms with Gasteiger partial charge in [-0.25, -0.2) is 4.68 Å². The number of benzene rings is 1. The van der Waals surface area contributed by atoms with Crippen LogP contribution in [-0.2, 0) is 6.42 Å². The Hall–Kier alpha value is -2.51. The number of aromatic nitrogens is 2. The Morgan fingerprint density at radius 3 is 2.33 bits per heavy atom. The topological polar surface area (TPSA) is 53.4 Å². The fourth-order valence-corrected chi connectivity index (χ4v) is 2.78. The summed E-state index contributed by atoms with van der Waals surface area (Å²) in [4.78, 5) is 12.4. The predicted octanol–water partition coefficient (Wildman–Crippen LogP) is 4.85. The Labute approximate surface area is 156 Å². The lowest BCUT2D eigenvalue weighted by molar-refractivity contribution is -0.274. The van der Waals surface area contributed by atoms with Crippen LogP contribution in [0, 0.1) is 13.8 Å². The monoisotopic (exact) mass is 384 g/mol. The van der Waals surface area contributed by atoms with Crippen LogP contribution in [0.2, 0.25) is 0 Å².